The quantitative estimate of drug-likeness (QED) is 0.689. The molecule has 3 heterocycles. The Kier molecular flexibility index (Phi) is 3.65. The number of hydrogen-bond donors (Lipinski definition) is 0. The fraction of sp³-hybridized carbons (Fsp3) is 0.154. The van der Waals surface area contributed by atoms with E-state index >= 15 is 0 Å². The van der Waals surface area contributed by atoms with Crippen LogP contribution in [-0.2, 0) is 7.05 Å². The van der Waals surface area contributed by atoms with E-state index in [0.717, 1.165) is 11.1 Å². The van der Waals surface area contributed by atoms with Crippen LogP contribution in [0, 0.1) is 0 Å². The Morgan fingerprint density at radius 1 is 1.09 bits per heavy atom. The molecule has 0 radical (unpaired) electrons. The van der Waals surface area contributed by atoms with Crippen LogP contribution in [0.1, 0.15) is 0 Å². The average Bonchev–Trinajstić information content (AvgIpc) is 2.90. The second kappa shape index (κ2) is 5.48. The summed E-state index contributed by atoms with van der Waals surface area (Å²) in [5.74, 6) is -0.125. The molecule has 0 aromatic carbocycles. The smallest absolute Gasteiger partial charge is 0.397 e. The highest BCUT2D eigenvalue weighted by Gasteiger charge is 2.31. The molecule has 22 heavy (non-hydrogen) atoms. The minimum absolute atomic E-state index is 0.125. The number of aryl methyl sites for hydroxylation is 1. The van der Waals surface area contributed by atoms with Crippen LogP contribution in [0.3, 0.4) is 0 Å². The first-order chi connectivity index (χ1) is 10.4. The molecule has 3 rings (SSSR count). The van der Waals surface area contributed by atoms with Crippen molar-refractivity contribution in [2.24, 2.45) is 7.05 Å². The third-order valence-corrected chi connectivity index (χ3v) is 3.25. The lowest BCUT2D eigenvalue weighted by molar-refractivity contribution is -0.0370. The van der Waals surface area contributed by atoms with Crippen molar-refractivity contribution in [2.75, 3.05) is 0 Å². The Bertz CT molecular complexity index is 818. The Balaban J connectivity index is 1.92. The molecule has 0 atom stereocenters. The number of nitrogens with zero attached hydrogens (tertiary/aromatic N) is 4. The van der Waals surface area contributed by atoms with E-state index < -0.39 is 17.6 Å². The monoisotopic (exact) mass is 326 g/mol. The molecule has 0 bridgehead atoms. The average molecular weight is 326 g/mol. The Morgan fingerprint density at radius 2 is 1.91 bits per heavy atom. The number of fused-ring (bicyclic) bond motifs is 1. The minimum atomic E-state index is -4.48. The lowest BCUT2D eigenvalue weighted by Gasteiger charge is -2.06. The van der Waals surface area contributed by atoms with Gasteiger partial charge in [-0.15, -0.1) is 0 Å². The standard InChI is InChI=1S/C13H9F3N4OS/c1-20-7-10(5-19-20)9-2-8-3-12(21-22-13(14,15)16)18-6-11(8)17-4-9/h2-7H,1H3. The molecule has 3 aromatic rings. The van der Waals surface area contributed by atoms with E-state index in [9.17, 15) is 13.2 Å². The first-order valence-electron chi connectivity index (χ1n) is 6.08. The summed E-state index contributed by atoms with van der Waals surface area (Å²) in [5.41, 5.74) is -2.24. The molecule has 114 valence electrons. The molecule has 0 unspecified atom stereocenters. The van der Waals surface area contributed by atoms with Crippen molar-refractivity contribution in [3.05, 3.63) is 36.9 Å². The minimum Gasteiger partial charge on any atom is -0.397 e. The van der Waals surface area contributed by atoms with Crippen molar-refractivity contribution < 1.29 is 17.4 Å². The first kappa shape index (κ1) is 14.6. The van der Waals surface area contributed by atoms with Gasteiger partial charge in [-0.1, -0.05) is 0 Å². The highest BCUT2D eigenvalue weighted by atomic mass is 32.2. The van der Waals surface area contributed by atoms with Gasteiger partial charge in [-0.25, -0.2) is 4.98 Å². The van der Waals surface area contributed by atoms with Crippen molar-refractivity contribution in [1.82, 2.24) is 19.7 Å². The van der Waals surface area contributed by atoms with Gasteiger partial charge >= 0.3 is 5.51 Å². The Labute approximate surface area is 127 Å². The van der Waals surface area contributed by atoms with Gasteiger partial charge in [0.05, 0.1) is 17.9 Å². The molecule has 0 fully saturated rings. The maximum atomic E-state index is 12.1. The van der Waals surface area contributed by atoms with Crippen molar-refractivity contribution in [3.8, 4) is 17.0 Å². The predicted molar refractivity (Wildman–Crippen MR) is 76.0 cm³/mol. The van der Waals surface area contributed by atoms with Crippen LogP contribution < -0.4 is 4.18 Å². The van der Waals surface area contributed by atoms with Crippen LogP contribution in [0.15, 0.2) is 36.9 Å². The molecule has 0 saturated heterocycles. The molecule has 0 spiro atoms. The summed E-state index contributed by atoms with van der Waals surface area (Å²) in [6, 6.07) is 3.22. The second-order valence-electron chi connectivity index (χ2n) is 4.45. The zero-order chi connectivity index (χ0) is 15.7. The van der Waals surface area contributed by atoms with E-state index in [1.54, 1.807) is 30.2 Å². The summed E-state index contributed by atoms with van der Waals surface area (Å²) >= 11 is -0.597. The fourth-order valence-electron chi connectivity index (χ4n) is 1.87. The van der Waals surface area contributed by atoms with Crippen molar-refractivity contribution in [1.29, 1.82) is 0 Å². The van der Waals surface area contributed by atoms with Crippen LogP contribution in [0.2, 0.25) is 0 Å². The molecule has 0 amide bonds. The van der Waals surface area contributed by atoms with Gasteiger partial charge in [0, 0.05) is 42.0 Å². The fourth-order valence-corrected chi connectivity index (χ4v) is 2.15. The van der Waals surface area contributed by atoms with E-state index in [0.29, 0.717) is 10.9 Å². The zero-order valence-corrected chi connectivity index (χ0v) is 12.0. The third kappa shape index (κ3) is 3.30. The maximum Gasteiger partial charge on any atom is 0.479 e. The van der Waals surface area contributed by atoms with E-state index in [4.69, 9.17) is 0 Å². The number of alkyl halides is 3. The van der Waals surface area contributed by atoms with Crippen molar-refractivity contribution >= 4 is 22.9 Å². The summed E-state index contributed by atoms with van der Waals surface area (Å²) in [4.78, 5) is 8.03. The van der Waals surface area contributed by atoms with Gasteiger partial charge in [0.25, 0.3) is 0 Å². The highest BCUT2D eigenvalue weighted by molar-refractivity contribution is 7.95. The second-order valence-corrected chi connectivity index (χ2v) is 5.25. The molecule has 0 aliphatic heterocycles. The Morgan fingerprint density at radius 3 is 2.59 bits per heavy atom. The number of rotatable bonds is 3. The zero-order valence-electron chi connectivity index (χ0n) is 11.2. The van der Waals surface area contributed by atoms with E-state index in [1.165, 1.54) is 12.3 Å². The van der Waals surface area contributed by atoms with E-state index in [2.05, 4.69) is 19.2 Å². The molecule has 0 N–H and O–H groups in total. The summed E-state index contributed by atoms with van der Waals surface area (Å²) in [7, 11) is 1.79. The summed E-state index contributed by atoms with van der Waals surface area (Å²) in [6.45, 7) is 0. The molecule has 0 saturated carbocycles. The van der Waals surface area contributed by atoms with Gasteiger partial charge in [0.2, 0.25) is 5.88 Å². The van der Waals surface area contributed by atoms with E-state index in [1.807, 2.05) is 6.20 Å². The number of aromatic nitrogens is 4. The molecule has 0 aliphatic rings. The predicted octanol–water partition coefficient (Wildman–Crippen LogP) is 3.58. The maximum absolute atomic E-state index is 12.1. The van der Waals surface area contributed by atoms with Gasteiger partial charge < -0.3 is 4.18 Å². The van der Waals surface area contributed by atoms with Crippen LogP contribution in [0.5, 0.6) is 5.88 Å². The molecule has 9 heteroatoms. The Hall–Kier alpha value is -2.29. The first-order valence-corrected chi connectivity index (χ1v) is 6.82. The molecular formula is C13H9F3N4OS. The van der Waals surface area contributed by atoms with Gasteiger partial charge in [-0.2, -0.15) is 18.3 Å². The highest BCUT2D eigenvalue weighted by Crippen LogP contribution is 2.32. The SMILES string of the molecule is Cn1cc(-c2cnc3cnc(OSC(F)(F)F)cc3c2)cn1. The molecular weight excluding hydrogens is 317 g/mol. The topological polar surface area (TPSA) is 52.8 Å². The molecule has 0 aliphatic carbocycles. The van der Waals surface area contributed by atoms with Crippen LogP contribution in [0.25, 0.3) is 22.0 Å². The number of halogens is 3. The van der Waals surface area contributed by atoms with Crippen molar-refractivity contribution in [3.63, 3.8) is 0 Å². The number of hydrogen-bond acceptors (Lipinski definition) is 5. The third-order valence-electron chi connectivity index (χ3n) is 2.80. The summed E-state index contributed by atoms with van der Waals surface area (Å²) in [6.07, 6.45) is 6.53. The van der Waals surface area contributed by atoms with Gasteiger partial charge in [0.1, 0.15) is 0 Å². The summed E-state index contributed by atoms with van der Waals surface area (Å²) in [5, 5.41) is 4.70. The lowest BCUT2D eigenvalue weighted by atomic mass is 10.1. The van der Waals surface area contributed by atoms with Crippen LogP contribution >= 0.6 is 12.0 Å². The van der Waals surface area contributed by atoms with Gasteiger partial charge in [-0.3, -0.25) is 9.67 Å². The summed E-state index contributed by atoms with van der Waals surface area (Å²) < 4.78 is 42.6. The normalized spacial score (nSPS) is 11.8. The number of pyridine rings is 2. The van der Waals surface area contributed by atoms with Gasteiger partial charge in [0.15, 0.2) is 12.0 Å². The lowest BCUT2D eigenvalue weighted by Crippen LogP contribution is -2.03. The largest absolute Gasteiger partial charge is 0.479 e. The van der Waals surface area contributed by atoms with Crippen LogP contribution in [-0.4, -0.2) is 25.3 Å². The van der Waals surface area contributed by atoms with Crippen molar-refractivity contribution in [2.45, 2.75) is 5.51 Å². The molecule has 3 aromatic heterocycles. The van der Waals surface area contributed by atoms with Crippen LogP contribution in [0.4, 0.5) is 13.2 Å². The van der Waals surface area contributed by atoms with Gasteiger partial charge in [-0.05, 0) is 6.07 Å². The molecule has 5 nitrogen and oxygen atoms in total. The van der Waals surface area contributed by atoms with E-state index in [-0.39, 0.29) is 5.88 Å².